The Kier molecular flexibility index (Phi) is 5.69. The normalized spacial score (nSPS) is 14.1. The van der Waals surface area contributed by atoms with Crippen molar-refractivity contribution in [2.24, 2.45) is 0 Å². The van der Waals surface area contributed by atoms with Gasteiger partial charge in [0.2, 0.25) is 5.91 Å². The second-order valence-electron chi connectivity index (χ2n) is 7.16. The topological polar surface area (TPSA) is 64.7 Å². The molecule has 1 aromatic carbocycles. The van der Waals surface area contributed by atoms with E-state index in [-0.39, 0.29) is 33.9 Å². The summed E-state index contributed by atoms with van der Waals surface area (Å²) in [5.74, 6) is -1.20. The van der Waals surface area contributed by atoms with Crippen LogP contribution < -0.4 is 5.32 Å². The first-order valence-corrected chi connectivity index (χ1v) is 9.98. The van der Waals surface area contributed by atoms with Crippen molar-refractivity contribution < 1.29 is 22.4 Å². The maximum absolute atomic E-state index is 14.0. The van der Waals surface area contributed by atoms with Gasteiger partial charge in [-0.1, -0.05) is 29.3 Å². The van der Waals surface area contributed by atoms with Crippen molar-refractivity contribution in [1.29, 1.82) is 0 Å². The minimum Gasteiger partial charge on any atom is -0.306 e. The molecule has 3 aromatic rings. The summed E-state index contributed by atoms with van der Waals surface area (Å²) >= 11 is 12.1. The zero-order valence-electron chi connectivity index (χ0n) is 15.8. The molecule has 0 radical (unpaired) electrons. The van der Waals surface area contributed by atoms with Gasteiger partial charge in [0.15, 0.2) is 11.5 Å². The third-order valence-corrected chi connectivity index (χ3v) is 5.38. The highest BCUT2D eigenvalue weighted by molar-refractivity contribution is 6.33. The van der Waals surface area contributed by atoms with E-state index >= 15 is 0 Å². The van der Waals surface area contributed by atoms with Crippen molar-refractivity contribution in [3.63, 3.8) is 0 Å². The monoisotopic (exact) mass is 475 g/mol. The van der Waals surface area contributed by atoms with E-state index < -0.39 is 30.1 Å². The molecule has 12 heteroatoms. The lowest BCUT2D eigenvalue weighted by Gasteiger charge is -2.07. The van der Waals surface area contributed by atoms with Crippen LogP contribution in [0.3, 0.4) is 0 Å². The highest BCUT2D eigenvalue weighted by atomic mass is 35.5. The zero-order valence-corrected chi connectivity index (χ0v) is 17.3. The van der Waals surface area contributed by atoms with E-state index in [2.05, 4.69) is 15.5 Å². The fourth-order valence-electron chi connectivity index (χ4n) is 3.12. The molecule has 1 aliphatic rings. The van der Waals surface area contributed by atoms with Crippen LogP contribution in [0.4, 0.5) is 23.4 Å². The maximum atomic E-state index is 14.0. The van der Waals surface area contributed by atoms with E-state index in [4.69, 9.17) is 23.2 Å². The first kappa shape index (κ1) is 21.6. The summed E-state index contributed by atoms with van der Waals surface area (Å²) in [7, 11) is 0. The second kappa shape index (κ2) is 8.16. The van der Waals surface area contributed by atoms with E-state index in [1.54, 1.807) is 0 Å². The van der Waals surface area contributed by atoms with Crippen molar-refractivity contribution in [2.45, 2.75) is 38.0 Å². The molecule has 1 amide bonds. The molecule has 0 atom stereocenters. The van der Waals surface area contributed by atoms with E-state index in [0.29, 0.717) is 5.69 Å². The summed E-state index contributed by atoms with van der Waals surface area (Å²) in [5.41, 5.74) is -0.467. The molecule has 0 unspecified atom stereocenters. The lowest BCUT2D eigenvalue weighted by atomic mass is 10.2. The van der Waals surface area contributed by atoms with Crippen molar-refractivity contribution in [1.82, 2.24) is 19.6 Å². The van der Waals surface area contributed by atoms with Gasteiger partial charge >= 0.3 is 6.18 Å². The maximum Gasteiger partial charge on any atom is 0.435 e. The average Bonchev–Trinajstić information content (AvgIpc) is 3.34. The average molecular weight is 476 g/mol. The molecule has 0 bridgehead atoms. The van der Waals surface area contributed by atoms with Crippen LogP contribution in [0.25, 0.3) is 0 Å². The van der Waals surface area contributed by atoms with Crippen LogP contribution in [-0.4, -0.2) is 25.5 Å². The lowest BCUT2D eigenvalue weighted by molar-refractivity contribution is -0.141. The molecule has 2 aromatic heterocycles. The highest BCUT2D eigenvalue weighted by Crippen LogP contribution is 2.42. The fourth-order valence-corrected chi connectivity index (χ4v) is 3.54. The molecule has 0 spiro atoms. The highest BCUT2D eigenvalue weighted by Gasteiger charge is 2.38. The van der Waals surface area contributed by atoms with Crippen LogP contribution in [0.5, 0.6) is 0 Å². The van der Waals surface area contributed by atoms with Gasteiger partial charge in [-0.15, -0.1) is 0 Å². The van der Waals surface area contributed by atoms with Gasteiger partial charge in [-0.3, -0.25) is 14.2 Å². The largest absolute Gasteiger partial charge is 0.435 e. The number of carbonyl (C=O) groups is 1. The van der Waals surface area contributed by atoms with Crippen LogP contribution in [0.2, 0.25) is 10.0 Å². The Hall–Kier alpha value is -2.59. The molecule has 6 nitrogen and oxygen atoms in total. The van der Waals surface area contributed by atoms with Crippen molar-refractivity contribution in [3.05, 3.63) is 63.3 Å². The van der Waals surface area contributed by atoms with Crippen LogP contribution in [0.15, 0.2) is 30.5 Å². The van der Waals surface area contributed by atoms with Crippen molar-refractivity contribution in [3.8, 4) is 0 Å². The summed E-state index contributed by atoms with van der Waals surface area (Å²) in [4.78, 5) is 12.4. The summed E-state index contributed by atoms with van der Waals surface area (Å²) in [6.07, 6.45) is -1.72. The van der Waals surface area contributed by atoms with Gasteiger partial charge < -0.3 is 5.32 Å². The summed E-state index contributed by atoms with van der Waals surface area (Å²) in [6.45, 7) is -0.453. The van der Waals surface area contributed by atoms with E-state index in [0.717, 1.165) is 23.6 Å². The number of hydrogen-bond donors (Lipinski definition) is 1. The van der Waals surface area contributed by atoms with E-state index in [9.17, 15) is 22.4 Å². The fraction of sp³-hybridized carbons (Fsp3) is 0.316. The molecular weight excluding hydrogens is 461 g/mol. The van der Waals surface area contributed by atoms with Gasteiger partial charge in [0.05, 0.1) is 6.54 Å². The molecule has 164 valence electrons. The number of carbonyl (C=O) groups excluding carboxylic acids is 1. The van der Waals surface area contributed by atoms with Gasteiger partial charge in [-0.05, 0) is 31.0 Å². The third-order valence-electron chi connectivity index (χ3n) is 4.75. The first-order valence-electron chi connectivity index (χ1n) is 9.22. The van der Waals surface area contributed by atoms with Gasteiger partial charge in [-0.25, -0.2) is 4.39 Å². The number of benzene rings is 1. The number of amides is 1. The Morgan fingerprint density at radius 1 is 1.19 bits per heavy atom. The predicted molar refractivity (Wildman–Crippen MR) is 106 cm³/mol. The third kappa shape index (κ3) is 4.85. The predicted octanol–water partition coefficient (Wildman–Crippen LogP) is 5.11. The van der Waals surface area contributed by atoms with Gasteiger partial charge in [0.25, 0.3) is 0 Å². The minimum absolute atomic E-state index is 0.00435. The minimum atomic E-state index is -4.60. The molecule has 1 aliphatic carbocycles. The number of aromatic nitrogens is 4. The Labute approximate surface area is 183 Å². The number of hydrogen-bond acceptors (Lipinski definition) is 3. The molecule has 4 rings (SSSR count). The van der Waals surface area contributed by atoms with Crippen LogP contribution >= 0.6 is 23.2 Å². The Balaban J connectivity index is 1.48. The zero-order chi connectivity index (χ0) is 22.3. The van der Waals surface area contributed by atoms with Crippen molar-refractivity contribution >= 4 is 34.9 Å². The molecule has 0 aliphatic heterocycles. The Bertz CT molecular complexity index is 1120. The van der Waals surface area contributed by atoms with Crippen LogP contribution in [0.1, 0.15) is 35.7 Å². The number of rotatable bonds is 6. The molecule has 2 heterocycles. The van der Waals surface area contributed by atoms with Gasteiger partial charge in [-0.2, -0.15) is 23.4 Å². The summed E-state index contributed by atoms with van der Waals surface area (Å²) < 4.78 is 55.3. The standard InChI is InChI=1S/C19H15Cl2F4N5O/c20-12-2-1-3-14(22)11(12)7-29-8-13(21)18(28-29)26-17(31)9-30-15(10-4-5-10)6-16(27-30)19(23,24)25/h1-3,6,8,10H,4-5,7,9H2,(H,26,28,31). The van der Waals surface area contributed by atoms with Crippen LogP contribution in [0, 0.1) is 5.82 Å². The number of halogens is 6. The number of nitrogens with zero attached hydrogens (tertiary/aromatic N) is 4. The molecule has 1 N–H and O–H groups in total. The number of alkyl halides is 3. The smallest absolute Gasteiger partial charge is 0.306 e. The molecule has 31 heavy (non-hydrogen) atoms. The van der Waals surface area contributed by atoms with Gasteiger partial charge in [0, 0.05) is 28.4 Å². The van der Waals surface area contributed by atoms with E-state index in [1.807, 2.05) is 0 Å². The Morgan fingerprint density at radius 3 is 2.58 bits per heavy atom. The second-order valence-corrected chi connectivity index (χ2v) is 7.97. The van der Waals surface area contributed by atoms with Gasteiger partial charge in [0.1, 0.15) is 17.4 Å². The van der Waals surface area contributed by atoms with Crippen molar-refractivity contribution in [2.75, 3.05) is 5.32 Å². The first-order chi connectivity index (χ1) is 14.6. The van der Waals surface area contributed by atoms with E-state index in [1.165, 1.54) is 29.1 Å². The SMILES string of the molecule is O=C(Cn1nc(C(F)(F)F)cc1C1CC1)Nc1nn(Cc2c(F)cccc2Cl)cc1Cl. The molecule has 0 saturated heterocycles. The summed E-state index contributed by atoms with van der Waals surface area (Å²) in [6, 6.07) is 5.24. The quantitative estimate of drug-likeness (QED) is 0.503. The molecular formula is C19H15Cl2F4N5O. The van der Waals surface area contributed by atoms with Crippen LogP contribution in [-0.2, 0) is 24.1 Å². The number of anilines is 1. The molecule has 1 saturated carbocycles. The summed E-state index contributed by atoms with van der Waals surface area (Å²) in [5, 5.41) is 10.4. The lowest BCUT2D eigenvalue weighted by Crippen LogP contribution is -2.22. The Morgan fingerprint density at radius 2 is 1.94 bits per heavy atom. The number of nitrogens with one attached hydrogen (secondary N) is 1. The molecule has 1 fully saturated rings.